The summed E-state index contributed by atoms with van der Waals surface area (Å²) in [6.07, 6.45) is 1.17. The third-order valence-electron chi connectivity index (χ3n) is 6.15. The summed E-state index contributed by atoms with van der Waals surface area (Å²) in [4.78, 5) is 16.6. The Labute approximate surface area is 181 Å². The van der Waals surface area contributed by atoms with Crippen molar-refractivity contribution in [1.29, 1.82) is 0 Å². The van der Waals surface area contributed by atoms with Crippen molar-refractivity contribution in [3.8, 4) is 0 Å². The number of aryl methyl sites for hydroxylation is 1. The van der Waals surface area contributed by atoms with Gasteiger partial charge in [-0.2, -0.15) is 17.0 Å². The molecule has 0 unspecified atom stereocenters. The molecule has 2 aliphatic heterocycles. The second kappa shape index (κ2) is 9.34. The van der Waals surface area contributed by atoms with Gasteiger partial charge in [0.15, 0.2) is 0 Å². The van der Waals surface area contributed by atoms with Crippen LogP contribution < -0.4 is 0 Å². The van der Waals surface area contributed by atoms with Crippen LogP contribution in [0.5, 0.6) is 0 Å². The summed E-state index contributed by atoms with van der Waals surface area (Å²) in [5.74, 6) is 0.103. The molecule has 168 valence electrons. The number of benzene rings is 1. The second-order valence-corrected chi connectivity index (χ2v) is 11.4. The van der Waals surface area contributed by atoms with Crippen molar-refractivity contribution in [2.45, 2.75) is 39.0 Å². The number of hydrogen-bond acceptors (Lipinski definition) is 4. The molecule has 1 aromatic carbocycles. The molecular weight excluding hydrogens is 400 g/mol. The van der Waals surface area contributed by atoms with Gasteiger partial charge in [-0.25, -0.2) is 0 Å². The highest BCUT2D eigenvalue weighted by Gasteiger charge is 2.34. The van der Waals surface area contributed by atoms with E-state index >= 15 is 0 Å². The van der Waals surface area contributed by atoms with Crippen LogP contribution in [0.2, 0.25) is 0 Å². The highest BCUT2D eigenvalue weighted by molar-refractivity contribution is 7.86. The van der Waals surface area contributed by atoms with E-state index in [0.717, 1.165) is 18.7 Å². The van der Waals surface area contributed by atoms with Gasteiger partial charge in [0, 0.05) is 58.8 Å². The van der Waals surface area contributed by atoms with Gasteiger partial charge in [0.25, 0.3) is 10.2 Å². The molecule has 3 rings (SSSR count). The molecule has 2 fully saturated rings. The van der Waals surface area contributed by atoms with Crippen LogP contribution in [0.1, 0.15) is 38.3 Å². The number of amides is 1. The third-order valence-corrected chi connectivity index (χ3v) is 8.19. The summed E-state index contributed by atoms with van der Waals surface area (Å²) in [5.41, 5.74) is 2.57. The van der Waals surface area contributed by atoms with Crippen molar-refractivity contribution >= 4 is 16.1 Å². The number of nitrogens with zero attached hydrogens (tertiary/aromatic N) is 4. The molecular formula is C22H36N4O3S. The van der Waals surface area contributed by atoms with E-state index in [-0.39, 0.29) is 11.3 Å². The molecule has 2 heterocycles. The Bertz CT molecular complexity index is 817. The zero-order valence-corrected chi connectivity index (χ0v) is 19.6. The van der Waals surface area contributed by atoms with Crippen molar-refractivity contribution in [1.82, 2.24) is 18.4 Å². The lowest BCUT2D eigenvalue weighted by atomic mass is 9.86. The summed E-state index contributed by atoms with van der Waals surface area (Å²) in [6, 6.07) is 8.49. The van der Waals surface area contributed by atoms with E-state index in [0.29, 0.717) is 52.1 Å². The van der Waals surface area contributed by atoms with Gasteiger partial charge in [0.2, 0.25) is 5.91 Å². The molecule has 7 nitrogen and oxygen atoms in total. The lowest BCUT2D eigenvalue weighted by Gasteiger charge is -2.39. The maximum absolute atomic E-state index is 12.9. The van der Waals surface area contributed by atoms with Gasteiger partial charge in [-0.1, -0.05) is 45.0 Å². The first-order valence-electron chi connectivity index (χ1n) is 10.9. The number of rotatable bonds is 5. The Morgan fingerprint density at radius 3 is 1.87 bits per heavy atom. The van der Waals surface area contributed by atoms with E-state index in [4.69, 9.17) is 0 Å². The van der Waals surface area contributed by atoms with Crippen molar-refractivity contribution < 1.29 is 13.2 Å². The van der Waals surface area contributed by atoms with E-state index in [9.17, 15) is 13.2 Å². The quantitative estimate of drug-likeness (QED) is 0.703. The maximum Gasteiger partial charge on any atom is 0.282 e. The fourth-order valence-corrected chi connectivity index (χ4v) is 5.51. The molecule has 0 aromatic heterocycles. The van der Waals surface area contributed by atoms with Gasteiger partial charge in [-0.05, 0) is 30.0 Å². The first-order chi connectivity index (χ1) is 14.1. The standard InChI is InChI=1S/C22H36N4O3S/c1-22(2,3)20-8-5-19(6-9-20)7-10-21(27)24-13-17-26(18-14-24)30(28,29)25-15-11-23(4)12-16-25/h5-6,8-9H,7,10-18H2,1-4H3. The van der Waals surface area contributed by atoms with Crippen LogP contribution in [-0.4, -0.2) is 92.1 Å². The smallest absolute Gasteiger partial charge is 0.282 e. The minimum Gasteiger partial charge on any atom is -0.340 e. The van der Waals surface area contributed by atoms with Gasteiger partial charge < -0.3 is 9.80 Å². The summed E-state index contributed by atoms with van der Waals surface area (Å²) >= 11 is 0. The molecule has 8 heteroatoms. The summed E-state index contributed by atoms with van der Waals surface area (Å²) < 4.78 is 28.8. The van der Waals surface area contributed by atoms with E-state index < -0.39 is 10.2 Å². The molecule has 0 radical (unpaired) electrons. The molecule has 30 heavy (non-hydrogen) atoms. The summed E-state index contributed by atoms with van der Waals surface area (Å²) in [5, 5.41) is 0. The molecule has 0 saturated carbocycles. The number of carbonyl (C=O) groups excluding carboxylic acids is 1. The monoisotopic (exact) mass is 436 g/mol. The minimum atomic E-state index is -3.43. The molecule has 2 saturated heterocycles. The Kier molecular flexibility index (Phi) is 7.22. The molecule has 0 N–H and O–H groups in total. The zero-order valence-electron chi connectivity index (χ0n) is 18.8. The average Bonchev–Trinajstić information content (AvgIpc) is 2.72. The lowest BCUT2D eigenvalue weighted by Crippen LogP contribution is -2.57. The zero-order chi connectivity index (χ0) is 21.9. The van der Waals surface area contributed by atoms with Crippen molar-refractivity contribution in [3.63, 3.8) is 0 Å². The summed E-state index contributed by atoms with van der Waals surface area (Å²) in [7, 11) is -1.42. The van der Waals surface area contributed by atoms with Crippen LogP contribution >= 0.6 is 0 Å². The molecule has 0 aliphatic carbocycles. The number of piperazine rings is 2. The molecule has 0 bridgehead atoms. The van der Waals surface area contributed by atoms with Gasteiger partial charge in [-0.15, -0.1) is 0 Å². The number of likely N-dealkylation sites (N-methyl/N-ethyl adjacent to an activating group) is 1. The van der Waals surface area contributed by atoms with Crippen LogP contribution in [0.3, 0.4) is 0 Å². The molecule has 1 aromatic rings. The van der Waals surface area contributed by atoms with E-state index in [1.54, 1.807) is 9.21 Å². The highest BCUT2D eigenvalue weighted by Crippen LogP contribution is 2.22. The lowest BCUT2D eigenvalue weighted by molar-refractivity contribution is -0.132. The minimum absolute atomic E-state index is 0.103. The predicted molar refractivity (Wildman–Crippen MR) is 120 cm³/mol. The van der Waals surface area contributed by atoms with Gasteiger partial charge in [-0.3, -0.25) is 4.79 Å². The fraction of sp³-hybridized carbons (Fsp3) is 0.682. The Morgan fingerprint density at radius 1 is 0.867 bits per heavy atom. The SMILES string of the molecule is CN1CCN(S(=O)(=O)N2CCN(C(=O)CCc3ccc(C(C)(C)C)cc3)CC2)CC1. The van der Waals surface area contributed by atoms with Crippen molar-refractivity contribution in [2.24, 2.45) is 0 Å². The fourth-order valence-electron chi connectivity index (χ4n) is 3.93. The average molecular weight is 437 g/mol. The highest BCUT2D eigenvalue weighted by atomic mass is 32.2. The largest absolute Gasteiger partial charge is 0.340 e. The normalized spacial score (nSPS) is 20.5. The second-order valence-electron chi connectivity index (χ2n) is 9.44. The summed E-state index contributed by atoms with van der Waals surface area (Å²) in [6.45, 7) is 10.8. The Hall–Kier alpha value is -1.48. The third kappa shape index (κ3) is 5.60. The van der Waals surface area contributed by atoms with E-state index in [1.165, 1.54) is 9.87 Å². The van der Waals surface area contributed by atoms with Gasteiger partial charge >= 0.3 is 0 Å². The van der Waals surface area contributed by atoms with Crippen molar-refractivity contribution in [2.75, 3.05) is 59.4 Å². The Balaban J connectivity index is 1.47. The number of hydrogen-bond donors (Lipinski definition) is 0. The maximum atomic E-state index is 12.9. The van der Waals surface area contributed by atoms with Crippen LogP contribution in [-0.2, 0) is 26.8 Å². The Morgan fingerprint density at radius 2 is 1.37 bits per heavy atom. The first-order valence-corrected chi connectivity index (χ1v) is 12.3. The van der Waals surface area contributed by atoms with Crippen LogP contribution in [0, 0.1) is 0 Å². The molecule has 0 spiro atoms. The van der Waals surface area contributed by atoms with Crippen LogP contribution in [0.25, 0.3) is 0 Å². The topological polar surface area (TPSA) is 64.2 Å². The first kappa shape index (κ1) is 23.2. The van der Waals surface area contributed by atoms with Crippen LogP contribution in [0.4, 0.5) is 0 Å². The van der Waals surface area contributed by atoms with E-state index in [2.05, 4.69) is 49.9 Å². The van der Waals surface area contributed by atoms with Crippen molar-refractivity contribution in [3.05, 3.63) is 35.4 Å². The number of carbonyl (C=O) groups is 1. The molecule has 2 aliphatic rings. The van der Waals surface area contributed by atoms with E-state index in [1.807, 2.05) is 7.05 Å². The van der Waals surface area contributed by atoms with Gasteiger partial charge in [0.05, 0.1) is 0 Å². The molecule has 1 amide bonds. The molecule has 0 atom stereocenters. The predicted octanol–water partition coefficient (Wildman–Crippen LogP) is 1.55. The van der Waals surface area contributed by atoms with Gasteiger partial charge in [0.1, 0.15) is 0 Å². The van der Waals surface area contributed by atoms with Crippen LogP contribution in [0.15, 0.2) is 24.3 Å².